The molecule has 1 fully saturated rings. The zero-order chi connectivity index (χ0) is 28.1. The van der Waals surface area contributed by atoms with Crippen molar-refractivity contribution in [3.05, 3.63) is 101 Å². The van der Waals surface area contributed by atoms with E-state index in [-0.39, 0.29) is 18.1 Å². The van der Waals surface area contributed by atoms with E-state index in [2.05, 4.69) is 11.1 Å². The molecule has 0 unspecified atom stereocenters. The molecule has 2 heterocycles. The Bertz CT molecular complexity index is 1620. The number of aromatic nitrogens is 1. The topological polar surface area (TPSA) is 100.0 Å². The number of ether oxygens (including phenoxy) is 1. The maximum Gasteiger partial charge on any atom is 0.335 e. The molecule has 40 heavy (non-hydrogen) atoms. The Morgan fingerprint density at radius 3 is 2.67 bits per heavy atom. The van der Waals surface area contributed by atoms with Gasteiger partial charge in [-0.15, -0.1) is 0 Å². The van der Waals surface area contributed by atoms with Gasteiger partial charge in [-0.1, -0.05) is 54.3 Å². The molecule has 0 bridgehead atoms. The second-order valence-electron chi connectivity index (χ2n) is 9.18. The van der Waals surface area contributed by atoms with Crippen molar-refractivity contribution in [3.8, 4) is 16.9 Å². The van der Waals surface area contributed by atoms with Crippen LogP contribution in [0.15, 0.2) is 83.9 Å². The first-order valence-electron chi connectivity index (χ1n) is 12.7. The van der Waals surface area contributed by atoms with E-state index in [4.69, 9.17) is 22.1 Å². The summed E-state index contributed by atoms with van der Waals surface area (Å²) in [6, 6.07) is 22.3. The Kier molecular flexibility index (Phi) is 8.54. The maximum absolute atomic E-state index is 13.2. The van der Waals surface area contributed by atoms with Gasteiger partial charge in [0.1, 0.15) is 10.1 Å². The molecular weight excluding hydrogens is 544 g/mol. The molecule has 7 nitrogen and oxygen atoms in total. The summed E-state index contributed by atoms with van der Waals surface area (Å²) < 4.78 is 6.48. The molecule has 1 aromatic heterocycles. The van der Waals surface area contributed by atoms with E-state index < -0.39 is 5.97 Å². The maximum atomic E-state index is 13.2. The number of hydrogen-bond donors (Lipinski definition) is 2. The summed E-state index contributed by atoms with van der Waals surface area (Å²) >= 11 is 6.78. The summed E-state index contributed by atoms with van der Waals surface area (Å²) in [5.74, 6) is -0.437. The van der Waals surface area contributed by atoms with Crippen molar-refractivity contribution in [2.45, 2.75) is 12.8 Å². The molecule has 9 heteroatoms. The largest absolute Gasteiger partial charge is 0.493 e. The van der Waals surface area contributed by atoms with Gasteiger partial charge < -0.3 is 14.9 Å². The highest BCUT2D eigenvalue weighted by atomic mass is 32.2. The fourth-order valence-electron chi connectivity index (χ4n) is 4.38. The minimum atomic E-state index is -0.973. The number of fused-ring (bicyclic) bond motifs is 1. The highest BCUT2D eigenvalue weighted by Gasteiger charge is 2.31. The molecule has 202 valence electrons. The number of carboxylic acid groups (broad SMARTS) is 1. The van der Waals surface area contributed by atoms with E-state index in [1.165, 1.54) is 11.8 Å². The molecule has 5 rings (SSSR count). The molecule has 1 saturated heterocycles. The molecule has 0 saturated carbocycles. The molecule has 0 radical (unpaired) electrons. The SMILES string of the molecule is O=C(O)c1ccc(CCN2C(=O)/C(=C/c3ccc(OCCCO)c(-c4ccc5ncccc5c4)c3)SC2=S)cc1. The number of aliphatic hydroxyl groups is 1. The fraction of sp³-hybridized carbons (Fsp3) is 0.161. The number of hydrogen-bond acceptors (Lipinski definition) is 7. The molecule has 2 N–H and O–H groups in total. The Labute approximate surface area is 241 Å². The summed E-state index contributed by atoms with van der Waals surface area (Å²) in [6.07, 6.45) is 4.68. The van der Waals surface area contributed by atoms with Crippen molar-refractivity contribution in [2.24, 2.45) is 0 Å². The van der Waals surface area contributed by atoms with Crippen molar-refractivity contribution < 1.29 is 24.5 Å². The van der Waals surface area contributed by atoms with E-state index in [0.29, 0.717) is 41.0 Å². The average molecular weight is 571 g/mol. The monoisotopic (exact) mass is 570 g/mol. The van der Waals surface area contributed by atoms with Gasteiger partial charge in [0, 0.05) is 36.7 Å². The zero-order valence-corrected chi connectivity index (χ0v) is 23.1. The molecule has 1 amide bonds. The number of rotatable bonds is 10. The van der Waals surface area contributed by atoms with Gasteiger partial charge >= 0.3 is 5.97 Å². The van der Waals surface area contributed by atoms with Gasteiger partial charge in [0.15, 0.2) is 0 Å². The molecule has 1 aliphatic heterocycles. The second kappa shape index (κ2) is 12.4. The highest BCUT2D eigenvalue weighted by Crippen LogP contribution is 2.36. The molecule has 3 aromatic carbocycles. The quantitative estimate of drug-likeness (QED) is 0.140. The average Bonchev–Trinajstić information content (AvgIpc) is 3.23. The lowest BCUT2D eigenvalue weighted by atomic mass is 9.99. The summed E-state index contributed by atoms with van der Waals surface area (Å²) in [4.78, 5) is 30.9. The molecule has 0 aliphatic carbocycles. The lowest BCUT2D eigenvalue weighted by Gasteiger charge is -2.14. The van der Waals surface area contributed by atoms with Crippen molar-refractivity contribution >= 4 is 57.2 Å². The predicted molar refractivity (Wildman–Crippen MR) is 161 cm³/mol. The van der Waals surface area contributed by atoms with Crippen LogP contribution in [0.25, 0.3) is 28.1 Å². The van der Waals surface area contributed by atoms with Crippen LogP contribution < -0.4 is 4.74 Å². The van der Waals surface area contributed by atoms with Crippen molar-refractivity contribution in [1.29, 1.82) is 0 Å². The second-order valence-corrected chi connectivity index (χ2v) is 10.9. The number of benzene rings is 3. The minimum absolute atomic E-state index is 0.0462. The summed E-state index contributed by atoms with van der Waals surface area (Å²) in [5, 5.41) is 19.3. The van der Waals surface area contributed by atoms with E-state index in [1.54, 1.807) is 35.4 Å². The Morgan fingerprint density at radius 2 is 1.90 bits per heavy atom. The number of carbonyl (C=O) groups excluding carboxylic acids is 1. The van der Waals surface area contributed by atoms with Gasteiger partial charge in [-0.05, 0) is 71.7 Å². The number of carbonyl (C=O) groups is 2. The van der Waals surface area contributed by atoms with Gasteiger partial charge in [0.25, 0.3) is 5.91 Å². The number of pyridine rings is 1. The zero-order valence-electron chi connectivity index (χ0n) is 21.4. The Hall–Kier alpha value is -4.05. The third-order valence-electron chi connectivity index (χ3n) is 6.47. The van der Waals surface area contributed by atoms with Gasteiger partial charge in [0.2, 0.25) is 0 Å². The molecule has 4 aromatic rings. The number of thiocarbonyl (C=S) groups is 1. The van der Waals surface area contributed by atoms with Crippen molar-refractivity contribution in [3.63, 3.8) is 0 Å². The molecular formula is C31H26N2O5S2. The summed E-state index contributed by atoms with van der Waals surface area (Å²) in [7, 11) is 0. The fourth-order valence-corrected chi connectivity index (χ4v) is 5.69. The highest BCUT2D eigenvalue weighted by molar-refractivity contribution is 8.26. The van der Waals surface area contributed by atoms with Crippen molar-refractivity contribution in [1.82, 2.24) is 9.88 Å². The number of aliphatic hydroxyl groups excluding tert-OH is 1. The van der Waals surface area contributed by atoms with E-state index in [9.17, 15) is 14.7 Å². The lowest BCUT2D eigenvalue weighted by Crippen LogP contribution is -2.30. The smallest absolute Gasteiger partial charge is 0.335 e. The van der Waals surface area contributed by atoms with Gasteiger partial charge in [-0.3, -0.25) is 14.7 Å². The van der Waals surface area contributed by atoms with Crippen LogP contribution in [-0.2, 0) is 11.2 Å². The lowest BCUT2D eigenvalue weighted by molar-refractivity contribution is -0.122. The van der Waals surface area contributed by atoms with E-state index in [1.807, 2.05) is 48.5 Å². The minimum Gasteiger partial charge on any atom is -0.493 e. The number of thioether (sulfide) groups is 1. The van der Waals surface area contributed by atoms with Crippen LogP contribution in [0.3, 0.4) is 0 Å². The number of nitrogens with zero attached hydrogens (tertiary/aromatic N) is 2. The predicted octanol–water partition coefficient (Wildman–Crippen LogP) is 5.81. The summed E-state index contributed by atoms with van der Waals surface area (Å²) in [5.41, 5.74) is 4.71. The third kappa shape index (κ3) is 6.22. The van der Waals surface area contributed by atoms with Crippen LogP contribution in [0, 0.1) is 0 Å². The van der Waals surface area contributed by atoms with Crippen LogP contribution in [0.2, 0.25) is 0 Å². The van der Waals surface area contributed by atoms with Gasteiger partial charge in [-0.25, -0.2) is 4.79 Å². The molecule has 0 atom stereocenters. The molecule has 1 aliphatic rings. The van der Waals surface area contributed by atoms with Gasteiger partial charge in [-0.2, -0.15) is 0 Å². The number of carboxylic acids is 1. The first-order chi connectivity index (χ1) is 19.4. The van der Waals surface area contributed by atoms with Crippen LogP contribution in [0.5, 0.6) is 5.75 Å². The summed E-state index contributed by atoms with van der Waals surface area (Å²) in [6.45, 7) is 0.836. The molecule has 0 spiro atoms. The Morgan fingerprint density at radius 1 is 1.07 bits per heavy atom. The standard InChI is InChI=1S/C31H26N2O5S2/c34-15-2-16-38-27-11-6-21(17-25(27)23-9-10-26-24(19-23)3-1-13-32-26)18-28-29(35)33(31(39)40-28)14-12-20-4-7-22(8-5-20)30(36)37/h1,3-11,13,17-19,34H,2,12,14-16H2,(H,36,37)/b28-18-. The third-order valence-corrected chi connectivity index (χ3v) is 7.85. The normalized spacial score (nSPS) is 14.3. The number of aromatic carboxylic acids is 1. The Balaban J connectivity index is 1.38. The first-order valence-corrected chi connectivity index (χ1v) is 14.0. The first kappa shape index (κ1) is 27.5. The van der Waals surface area contributed by atoms with E-state index in [0.717, 1.165) is 33.2 Å². The van der Waals surface area contributed by atoms with Gasteiger partial charge in [0.05, 0.1) is 22.6 Å². The number of amides is 1. The van der Waals surface area contributed by atoms with E-state index >= 15 is 0 Å². The van der Waals surface area contributed by atoms with Crippen LogP contribution in [-0.4, -0.2) is 56.1 Å². The van der Waals surface area contributed by atoms with Crippen LogP contribution >= 0.6 is 24.0 Å². The van der Waals surface area contributed by atoms with Crippen molar-refractivity contribution in [2.75, 3.05) is 19.8 Å². The van der Waals surface area contributed by atoms with Crippen LogP contribution in [0.4, 0.5) is 0 Å². The van der Waals surface area contributed by atoms with Crippen LogP contribution in [0.1, 0.15) is 27.9 Å².